The number of hydrogen-bond acceptors (Lipinski definition) is 2. The van der Waals surface area contributed by atoms with Gasteiger partial charge in [0.25, 0.3) is 0 Å². The molecule has 1 amide bonds. The zero-order chi connectivity index (χ0) is 11.0. The standard InChI is InChI=1S/C13H16N2O/c16-13-6-4-10-8-9(3-5-12(10)15-13)11-2-1-7-14-11/h3,5,8,11,14H,1-2,4,6-7H2,(H,15,16). The van der Waals surface area contributed by atoms with E-state index in [1.54, 1.807) is 0 Å². The van der Waals surface area contributed by atoms with Gasteiger partial charge in [0.15, 0.2) is 0 Å². The summed E-state index contributed by atoms with van der Waals surface area (Å²) in [4.78, 5) is 11.2. The molecule has 3 rings (SSSR count). The van der Waals surface area contributed by atoms with Gasteiger partial charge in [-0.25, -0.2) is 0 Å². The highest BCUT2D eigenvalue weighted by Crippen LogP contribution is 2.29. The van der Waals surface area contributed by atoms with Crippen LogP contribution in [0.15, 0.2) is 18.2 Å². The van der Waals surface area contributed by atoms with Gasteiger partial charge in [-0.2, -0.15) is 0 Å². The molecule has 2 heterocycles. The molecule has 1 aromatic carbocycles. The summed E-state index contributed by atoms with van der Waals surface area (Å²) in [6.07, 6.45) is 3.99. The molecule has 1 saturated heterocycles. The molecule has 0 aromatic heterocycles. The van der Waals surface area contributed by atoms with Gasteiger partial charge in [0.05, 0.1) is 0 Å². The lowest BCUT2D eigenvalue weighted by Crippen LogP contribution is -2.20. The molecule has 0 radical (unpaired) electrons. The Morgan fingerprint density at radius 1 is 1.25 bits per heavy atom. The van der Waals surface area contributed by atoms with Crippen LogP contribution in [0.1, 0.15) is 36.4 Å². The summed E-state index contributed by atoms with van der Waals surface area (Å²) in [7, 11) is 0. The third-order valence-corrected chi connectivity index (χ3v) is 3.49. The summed E-state index contributed by atoms with van der Waals surface area (Å²) < 4.78 is 0. The lowest BCUT2D eigenvalue weighted by atomic mass is 9.97. The molecule has 3 heteroatoms. The van der Waals surface area contributed by atoms with Gasteiger partial charge in [-0.1, -0.05) is 12.1 Å². The molecule has 1 aromatic rings. The predicted octanol–water partition coefficient (Wildman–Crippen LogP) is 2.00. The van der Waals surface area contributed by atoms with Crippen molar-refractivity contribution in [3.63, 3.8) is 0 Å². The van der Waals surface area contributed by atoms with Crippen LogP contribution in [0.3, 0.4) is 0 Å². The van der Waals surface area contributed by atoms with E-state index >= 15 is 0 Å². The fourth-order valence-electron chi connectivity index (χ4n) is 2.59. The average Bonchev–Trinajstić information content (AvgIpc) is 2.82. The van der Waals surface area contributed by atoms with Gasteiger partial charge in [-0.15, -0.1) is 0 Å². The second-order valence-electron chi connectivity index (χ2n) is 4.61. The topological polar surface area (TPSA) is 41.1 Å². The molecular formula is C13H16N2O. The molecule has 1 atom stereocenters. The van der Waals surface area contributed by atoms with Gasteiger partial charge in [0.2, 0.25) is 5.91 Å². The Hall–Kier alpha value is -1.35. The number of hydrogen-bond donors (Lipinski definition) is 2. The highest BCUT2D eigenvalue weighted by Gasteiger charge is 2.19. The van der Waals surface area contributed by atoms with Crippen molar-refractivity contribution in [2.45, 2.75) is 31.7 Å². The maximum atomic E-state index is 11.2. The van der Waals surface area contributed by atoms with Gasteiger partial charge < -0.3 is 10.6 Å². The highest BCUT2D eigenvalue weighted by molar-refractivity contribution is 5.93. The molecule has 84 valence electrons. The van der Waals surface area contributed by atoms with Crippen molar-refractivity contribution in [3.05, 3.63) is 29.3 Å². The molecule has 3 nitrogen and oxygen atoms in total. The quantitative estimate of drug-likeness (QED) is 0.753. The van der Waals surface area contributed by atoms with Crippen LogP contribution in [0.4, 0.5) is 5.69 Å². The summed E-state index contributed by atoms with van der Waals surface area (Å²) in [5.41, 5.74) is 3.65. The molecule has 0 spiro atoms. The first kappa shape index (κ1) is 9.85. The van der Waals surface area contributed by atoms with E-state index < -0.39 is 0 Å². The van der Waals surface area contributed by atoms with E-state index in [4.69, 9.17) is 0 Å². The Kier molecular flexibility index (Phi) is 2.40. The molecule has 0 aliphatic carbocycles. The number of rotatable bonds is 1. The molecule has 2 aliphatic rings. The SMILES string of the molecule is O=C1CCc2cc(C3CCCN3)ccc2N1. The number of benzene rings is 1. The van der Waals surface area contributed by atoms with Crippen LogP contribution in [0.25, 0.3) is 0 Å². The smallest absolute Gasteiger partial charge is 0.224 e. The van der Waals surface area contributed by atoms with Crippen molar-refractivity contribution in [1.82, 2.24) is 5.32 Å². The summed E-state index contributed by atoms with van der Waals surface area (Å²) in [6, 6.07) is 6.94. The van der Waals surface area contributed by atoms with Crippen LogP contribution < -0.4 is 10.6 Å². The van der Waals surface area contributed by atoms with Crippen LogP contribution in [-0.2, 0) is 11.2 Å². The Morgan fingerprint density at radius 2 is 2.19 bits per heavy atom. The largest absolute Gasteiger partial charge is 0.326 e. The summed E-state index contributed by atoms with van der Waals surface area (Å²) in [5, 5.41) is 6.42. The summed E-state index contributed by atoms with van der Waals surface area (Å²) in [5.74, 6) is 0.138. The second-order valence-corrected chi connectivity index (χ2v) is 4.61. The predicted molar refractivity (Wildman–Crippen MR) is 63.4 cm³/mol. The molecule has 2 N–H and O–H groups in total. The summed E-state index contributed by atoms with van der Waals surface area (Å²) >= 11 is 0. The molecule has 1 fully saturated rings. The van der Waals surface area contributed by atoms with Crippen molar-refractivity contribution in [2.75, 3.05) is 11.9 Å². The summed E-state index contributed by atoms with van der Waals surface area (Å²) in [6.45, 7) is 1.12. The Balaban J connectivity index is 1.89. The second kappa shape index (κ2) is 3.91. The lowest BCUT2D eigenvalue weighted by molar-refractivity contribution is -0.116. The first-order valence-electron chi connectivity index (χ1n) is 5.99. The van der Waals surface area contributed by atoms with E-state index in [2.05, 4.69) is 22.8 Å². The zero-order valence-electron chi connectivity index (χ0n) is 9.25. The van der Waals surface area contributed by atoms with Gasteiger partial charge in [0, 0.05) is 18.2 Å². The number of aryl methyl sites for hydroxylation is 1. The average molecular weight is 216 g/mol. The number of fused-ring (bicyclic) bond motifs is 1. The van der Waals surface area contributed by atoms with E-state index in [1.165, 1.54) is 24.0 Å². The molecular weight excluding hydrogens is 200 g/mol. The van der Waals surface area contributed by atoms with Gasteiger partial charge in [-0.3, -0.25) is 4.79 Å². The Labute approximate surface area is 95.2 Å². The van der Waals surface area contributed by atoms with E-state index in [0.29, 0.717) is 12.5 Å². The van der Waals surface area contributed by atoms with Crippen LogP contribution in [0.2, 0.25) is 0 Å². The van der Waals surface area contributed by atoms with E-state index in [9.17, 15) is 4.79 Å². The maximum absolute atomic E-state index is 11.2. The fourth-order valence-corrected chi connectivity index (χ4v) is 2.59. The number of nitrogens with one attached hydrogen (secondary N) is 2. The lowest BCUT2D eigenvalue weighted by Gasteiger charge is -2.19. The fraction of sp³-hybridized carbons (Fsp3) is 0.462. The van der Waals surface area contributed by atoms with Crippen LogP contribution in [-0.4, -0.2) is 12.5 Å². The zero-order valence-corrected chi connectivity index (χ0v) is 9.25. The maximum Gasteiger partial charge on any atom is 0.224 e. The molecule has 0 bridgehead atoms. The first-order chi connectivity index (χ1) is 7.83. The van der Waals surface area contributed by atoms with Crippen LogP contribution >= 0.6 is 0 Å². The van der Waals surface area contributed by atoms with Crippen LogP contribution in [0.5, 0.6) is 0 Å². The van der Waals surface area contributed by atoms with E-state index in [-0.39, 0.29) is 5.91 Å². The van der Waals surface area contributed by atoms with Gasteiger partial charge in [0.1, 0.15) is 0 Å². The number of anilines is 1. The first-order valence-corrected chi connectivity index (χ1v) is 5.99. The van der Waals surface area contributed by atoms with Crippen LogP contribution in [0, 0.1) is 0 Å². The number of carbonyl (C=O) groups is 1. The van der Waals surface area contributed by atoms with Gasteiger partial charge in [-0.05, 0) is 43.0 Å². The monoisotopic (exact) mass is 216 g/mol. The Morgan fingerprint density at radius 3 is 3.00 bits per heavy atom. The number of carbonyl (C=O) groups excluding carboxylic acids is 1. The molecule has 0 saturated carbocycles. The van der Waals surface area contributed by atoms with E-state index in [0.717, 1.165) is 18.7 Å². The van der Waals surface area contributed by atoms with Crippen molar-refractivity contribution in [3.8, 4) is 0 Å². The molecule has 2 aliphatic heterocycles. The highest BCUT2D eigenvalue weighted by atomic mass is 16.1. The van der Waals surface area contributed by atoms with E-state index in [1.807, 2.05) is 6.07 Å². The minimum Gasteiger partial charge on any atom is -0.326 e. The van der Waals surface area contributed by atoms with Crippen molar-refractivity contribution in [2.24, 2.45) is 0 Å². The normalized spacial score (nSPS) is 24.0. The third kappa shape index (κ3) is 1.71. The third-order valence-electron chi connectivity index (χ3n) is 3.49. The molecule has 16 heavy (non-hydrogen) atoms. The Bertz CT molecular complexity index is 422. The van der Waals surface area contributed by atoms with Crippen molar-refractivity contribution < 1.29 is 4.79 Å². The van der Waals surface area contributed by atoms with Gasteiger partial charge >= 0.3 is 0 Å². The minimum atomic E-state index is 0.138. The van der Waals surface area contributed by atoms with Crippen molar-refractivity contribution in [1.29, 1.82) is 0 Å². The molecule has 1 unspecified atom stereocenters. The van der Waals surface area contributed by atoms with Crippen molar-refractivity contribution >= 4 is 11.6 Å². The number of amides is 1. The minimum absolute atomic E-state index is 0.138.